The van der Waals surface area contributed by atoms with Gasteiger partial charge in [-0.15, -0.1) is 0 Å². The lowest BCUT2D eigenvalue weighted by Gasteiger charge is -2.10. The first-order chi connectivity index (χ1) is 21.8. The number of nitrogens with zero attached hydrogens (tertiary/aromatic N) is 4. The highest BCUT2D eigenvalue weighted by atomic mass is 16.3. The molecule has 5 aromatic carbocycles. The molecule has 9 rings (SSSR count). The molecule has 0 bridgehead atoms. The van der Waals surface area contributed by atoms with Gasteiger partial charge < -0.3 is 4.42 Å². The Hall–Kier alpha value is -6.07. The SMILES string of the molecule is c1ccc(-c2cc(-c3ccccc3)nc(-c3ccc4cc(-c5ccc6nc7c8ccccc8oc7n6c5)ccc4c3)n2)cc1. The number of fused-ring (bicyclic) bond motifs is 6. The second-order valence-corrected chi connectivity index (χ2v) is 11.0. The second kappa shape index (κ2) is 9.75. The zero-order valence-electron chi connectivity index (χ0n) is 23.6. The fourth-order valence-corrected chi connectivity index (χ4v) is 5.98. The van der Waals surface area contributed by atoms with Gasteiger partial charge in [0.1, 0.15) is 16.7 Å². The first kappa shape index (κ1) is 24.5. The number of hydrogen-bond donors (Lipinski definition) is 0. The van der Waals surface area contributed by atoms with Gasteiger partial charge in [0, 0.05) is 28.3 Å². The van der Waals surface area contributed by atoms with Crippen LogP contribution in [0.1, 0.15) is 0 Å². The van der Waals surface area contributed by atoms with Gasteiger partial charge in [0.25, 0.3) is 0 Å². The third-order valence-electron chi connectivity index (χ3n) is 8.22. The summed E-state index contributed by atoms with van der Waals surface area (Å²) < 4.78 is 8.22. The smallest absolute Gasteiger partial charge is 0.232 e. The molecule has 5 nitrogen and oxygen atoms in total. The van der Waals surface area contributed by atoms with Crippen LogP contribution in [0.4, 0.5) is 0 Å². The Morgan fingerprint density at radius 1 is 0.477 bits per heavy atom. The zero-order valence-corrected chi connectivity index (χ0v) is 23.6. The highest BCUT2D eigenvalue weighted by Crippen LogP contribution is 2.33. The van der Waals surface area contributed by atoms with Crippen molar-refractivity contribution in [3.63, 3.8) is 0 Å². The number of rotatable bonds is 4. The Morgan fingerprint density at radius 3 is 1.82 bits per heavy atom. The van der Waals surface area contributed by atoms with E-state index in [1.165, 1.54) is 0 Å². The summed E-state index contributed by atoms with van der Waals surface area (Å²) in [6.07, 6.45) is 2.11. The molecule has 5 heteroatoms. The van der Waals surface area contributed by atoms with E-state index in [0.29, 0.717) is 5.82 Å². The van der Waals surface area contributed by atoms with E-state index in [0.717, 1.165) is 77.8 Å². The summed E-state index contributed by atoms with van der Waals surface area (Å²) in [7, 11) is 0. The second-order valence-electron chi connectivity index (χ2n) is 11.0. The first-order valence-electron chi connectivity index (χ1n) is 14.6. The maximum absolute atomic E-state index is 6.18. The van der Waals surface area contributed by atoms with Gasteiger partial charge in [-0.1, -0.05) is 97.1 Å². The molecule has 0 radical (unpaired) electrons. The monoisotopic (exact) mass is 564 g/mol. The molecule has 206 valence electrons. The topological polar surface area (TPSA) is 56.2 Å². The summed E-state index contributed by atoms with van der Waals surface area (Å²) in [5, 5.41) is 3.31. The van der Waals surface area contributed by atoms with Crippen molar-refractivity contribution >= 4 is 38.6 Å². The molecule has 44 heavy (non-hydrogen) atoms. The quantitative estimate of drug-likeness (QED) is 0.213. The van der Waals surface area contributed by atoms with E-state index in [-0.39, 0.29) is 0 Å². The number of benzene rings is 5. The van der Waals surface area contributed by atoms with Gasteiger partial charge in [-0.2, -0.15) is 0 Å². The van der Waals surface area contributed by atoms with Crippen LogP contribution in [0.5, 0.6) is 0 Å². The fourth-order valence-electron chi connectivity index (χ4n) is 5.98. The third kappa shape index (κ3) is 4.06. The average Bonchev–Trinajstić information content (AvgIpc) is 3.64. The van der Waals surface area contributed by atoms with Crippen LogP contribution < -0.4 is 0 Å². The number of aromatic nitrogens is 4. The lowest BCUT2D eigenvalue weighted by Crippen LogP contribution is -1.96. The molecule has 0 fully saturated rings. The fraction of sp³-hybridized carbons (Fsp3) is 0. The van der Waals surface area contributed by atoms with Gasteiger partial charge in [-0.05, 0) is 64.4 Å². The zero-order chi connectivity index (χ0) is 29.0. The van der Waals surface area contributed by atoms with Crippen LogP contribution in [-0.4, -0.2) is 19.4 Å². The summed E-state index contributed by atoms with van der Waals surface area (Å²) in [6, 6.07) is 47.8. The molecule has 0 aliphatic rings. The molecule has 0 N–H and O–H groups in total. The summed E-state index contributed by atoms with van der Waals surface area (Å²) in [5.41, 5.74) is 10.5. The number of pyridine rings is 1. The molecule has 0 amide bonds. The Bertz CT molecular complexity index is 2440. The van der Waals surface area contributed by atoms with Crippen molar-refractivity contribution in [2.24, 2.45) is 0 Å². The number of furan rings is 1. The van der Waals surface area contributed by atoms with E-state index in [9.17, 15) is 0 Å². The lowest BCUT2D eigenvalue weighted by atomic mass is 10.0. The molecule has 0 spiro atoms. The molecular formula is C39H24N4O. The van der Waals surface area contributed by atoms with Gasteiger partial charge in [-0.25, -0.2) is 15.0 Å². The van der Waals surface area contributed by atoms with Crippen LogP contribution in [0.15, 0.2) is 150 Å². The predicted octanol–water partition coefficient (Wildman–Crippen LogP) is 9.84. The highest BCUT2D eigenvalue weighted by Gasteiger charge is 2.15. The van der Waals surface area contributed by atoms with Crippen molar-refractivity contribution in [1.82, 2.24) is 19.4 Å². The van der Waals surface area contributed by atoms with Crippen LogP contribution >= 0.6 is 0 Å². The summed E-state index contributed by atoms with van der Waals surface area (Å²) in [5.74, 6) is 0.705. The maximum Gasteiger partial charge on any atom is 0.232 e. The van der Waals surface area contributed by atoms with Gasteiger partial charge >= 0.3 is 0 Å². The van der Waals surface area contributed by atoms with Gasteiger partial charge in [0.15, 0.2) is 5.82 Å². The summed E-state index contributed by atoms with van der Waals surface area (Å²) in [4.78, 5) is 14.8. The molecule has 9 aromatic rings. The van der Waals surface area contributed by atoms with E-state index >= 15 is 0 Å². The third-order valence-corrected chi connectivity index (χ3v) is 8.22. The lowest BCUT2D eigenvalue weighted by molar-refractivity contribution is 0.649. The Kier molecular flexibility index (Phi) is 5.43. The number of imidazole rings is 1. The number of hydrogen-bond acceptors (Lipinski definition) is 4. The molecule has 0 aliphatic carbocycles. The minimum Gasteiger partial charge on any atom is -0.437 e. The van der Waals surface area contributed by atoms with Crippen LogP contribution in [0.3, 0.4) is 0 Å². The van der Waals surface area contributed by atoms with E-state index in [1.54, 1.807) is 0 Å². The van der Waals surface area contributed by atoms with Crippen molar-refractivity contribution < 1.29 is 4.42 Å². The predicted molar refractivity (Wildman–Crippen MR) is 177 cm³/mol. The van der Waals surface area contributed by atoms with Crippen LogP contribution in [-0.2, 0) is 0 Å². The Balaban J connectivity index is 1.12. The number of para-hydroxylation sites is 1. The van der Waals surface area contributed by atoms with Crippen LogP contribution in [0.25, 0.3) is 83.6 Å². The molecule has 0 saturated carbocycles. The summed E-state index contributed by atoms with van der Waals surface area (Å²) >= 11 is 0. The van der Waals surface area contributed by atoms with Gasteiger partial charge in [0.05, 0.1) is 11.4 Å². The van der Waals surface area contributed by atoms with Crippen LogP contribution in [0.2, 0.25) is 0 Å². The minimum absolute atomic E-state index is 0.705. The molecule has 0 aliphatic heterocycles. The molecule has 0 saturated heterocycles. The molecule has 4 aromatic heterocycles. The Morgan fingerprint density at radius 2 is 1.09 bits per heavy atom. The normalized spacial score (nSPS) is 11.6. The van der Waals surface area contributed by atoms with E-state index < -0.39 is 0 Å². The Labute approximate surface area is 252 Å². The van der Waals surface area contributed by atoms with Gasteiger partial charge in [-0.3, -0.25) is 4.40 Å². The largest absolute Gasteiger partial charge is 0.437 e. The summed E-state index contributed by atoms with van der Waals surface area (Å²) in [6.45, 7) is 0. The maximum atomic E-state index is 6.18. The highest BCUT2D eigenvalue weighted by molar-refractivity contribution is 6.03. The van der Waals surface area contributed by atoms with E-state index in [1.807, 2.05) is 65.1 Å². The molecule has 0 atom stereocenters. The molecule has 4 heterocycles. The van der Waals surface area contributed by atoms with Crippen molar-refractivity contribution in [2.75, 3.05) is 0 Å². The van der Waals surface area contributed by atoms with Crippen molar-refractivity contribution in [3.8, 4) is 45.0 Å². The first-order valence-corrected chi connectivity index (χ1v) is 14.6. The standard InChI is InChI=1S/C39H24N4O/c1-3-9-25(10-4-1)33-23-34(26-11-5-2-6-12-26)41-38(40-33)30-18-17-27-21-29(16-15-28(27)22-30)31-19-20-36-42-37-32-13-7-8-14-35(32)44-39(37)43(36)24-31/h1-24H. The van der Waals surface area contributed by atoms with Crippen molar-refractivity contribution in [1.29, 1.82) is 0 Å². The van der Waals surface area contributed by atoms with E-state index in [4.69, 9.17) is 19.4 Å². The van der Waals surface area contributed by atoms with Crippen molar-refractivity contribution in [3.05, 3.63) is 146 Å². The van der Waals surface area contributed by atoms with Crippen LogP contribution in [0, 0.1) is 0 Å². The van der Waals surface area contributed by atoms with Gasteiger partial charge in [0.2, 0.25) is 5.71 Å². The average molecular weight is 565 g/mol. The van der Waals surface area contributed by atoms with E-state index in [2.05, 4.69) is 85.1 Å². The molecular weight excluding hydrogens is 540 g/mol. The molecule has 0 unspecified atom stereocenters. The van der Waals surface area contributed by atoms with Crippen molar-refractivity contribution in [2.45, 2.75) is 0 Å². The minimum atomic E-state index is 0.705.